The van der Waals surface area contributed by atoms with Gasteiger partial charge in [-0.05, 0) is 24.3 Å². The summed E-state index contributed by atoms with van der Waals surface area (Å²) in [6.45, 7) is 0. The number of rotatable bonds is 2. The van der Waals surface area contributed by atoms with Crippen LogP contribution in [0.4, 0.5) is 5.69 Å². The van der Waals surface area contributed by atoms with Gasteiger partial charge in [0.1, 0.15) is 6.17 Å². The normalized spacial score (nSPS) is 18.6. The molecule has 3 nitrogen and oxygen atoms in total. The van der Waals surface area contributed by atoms with Crippen LogP contribution in [0.25, 0.3) is 0 Å². The zero-order valence-corrected chi connectivity index (χ0v) is 8.17. The minimum absolute atomic E-state index is 0.0950. The van der Waals surface area contributed by atoms with Crippen molar-refractivity contribution in [1.29, 1.82) is 5.26 Å². The standard InChI is InChI=1S/C12H11N3/c13-10-15-9-5-4-8-12(15)14-11-6-2-1-3-7-11/h1-9,12,14H. The molecule has 74 valence electrons. The Morgan fingerprint density at radius 3 is 2.73 bits per heavy atom. The van der Waals surface area contributed by atoms with Crippen LogP contribution in [-0.2, 0) is 0 Å². The zero-order valence-electron chi connectivity index (χ0n) is 8.17. The minimum Gasteiger partial charge on any atom is -0.361 e. The van der Waals surface area contributed by atoms with Gasteiger partial charge in [0.05, 0.1) is 0 Å². The molecule has 0 saturated carbocycles. The SMILES string of the molecule is N#CN1C=CC=CC1Nc1ccccc1. The maximum absolute atomic E-state index is 8.89. The summed E-state index contributed by atoms with van der Waals surface area (Å²) in [6, 6.07) is 9.83. The summed E-state index contributed by atoms with van der Waals surface area (Å²) >= 11 is 0. The van der Waals surface area contributed by atoms with E-state index in [0.717, 1.165) is 5.69 Å². The van der Waals surface area contributed by atoms with Gasteiger partial charge in [-0.15, -0.1) is 0 Å². The molecule has 1 aliphatic heterocycles. The predicted octanol–water partition coefficient (Wildman–Crippen LogP) is 2.29. The topological polar surface area (TPSA) is 39.1 Å². The number of benzene rings is 1. The van der Waals surface area contributed by atoms with Gasteiger partial charge < -0.3 is 5.32 Å². The first kappa shape index (κ1) is 9.35. The van der Waals surface area contributed by atoms with E-state index in [-0.39, 0.29) is 6.17 Å². The fourth-order valence-corrected chi connectivity index (χ4v) is 1.42. The second-order valence-electron chi connectivity index (χ2n) is 3.19. The number of nitrogens with one attached hydrogen (secondary N) is 1. The minimum atomic E-state index is -0.0950. The Bertz CT molecular complexity index is 414. The van der Waals surface area contributed by atoms with Crippen molar-refractivity contribution in [3.63, 3.8) is 0 Å². The molecule has 1 aromatic rings. The second kappa shape index (κ2) is 4.34. The van der Waals surface area contributed by atoms with Crippen LogP contribution in [0.3, 0.4) is 0 Å². The van der Waals surface area contributed by atoms with Crippen LogP contribution in [0.2, 0.25) is 0 Å². The van der Waals surface area contributed by atoms with Crippen molar-refractivity contribution in [2.45, 2.75) is 6.17 Å². The first-order chi connectivity index (χ1) is 7.40. The number of allylic oxidation sites excluding steroid dienone is 2. The van der Waals surface area contributed by atoms with Gasteiger partial charge >= 0.3 is 0 Å². The molecule has 0 aliphatic carbocycles. The summed E-state index contributed by atoms with van der Waals surface area (Å²) in [4.78, 5) is 1.56. The fraction of sp³-hybridized carbons (Fsp3) is 0.0833. The van der Waals surface area contributed by atoms with Crippen LogP contribution in [0.5, 0.6) is 0 Å². The van der Waals surface area contributed by atoms with Gasteiger partial charge in [-0.2, -0.15) is 5.26 Å². The molecule has 1 atom stereocenters. The van der Waals surface area contributed by atoms with E-state index < -0.39 is 0 Å². The predicted molar refractivity (Wildman–Crippen MR) is 59.6 cm³/mol. The number of para-hydroxylation sites is 1. The van der Waals surface area contributed by atoms with Crippen LogP contribution in [-0.4, -0.2) is 11.1 Å². The average molecular weight is 197 g/mol. The third kappa shape index (κ3) is 2.18. The molecule has 0 saturated heterocycles. The van der Waals surface area contributed by atoms with E-state index >= 15 is 0 Å². The first-order valence-electron chi connectivity index (χ1n) is 4.75. The molecule has 1 aromatic carbocycles. The lowest BCUT2D eigenvalue weighted by molar-refractivity contribution is 0.474. The Kier molecular flexibility index (Phi) is 2.70. The van der Waals surface area contributed by atoms with E-state index in [9.17, 15) is 0 Å². The van der Waals surface area contributed by atoms with Crippen LogP contribution in [0.15, 0.2) is 54.8 Å². The highest BCUT2D eigenvalue weighted by molar-refractivity contribution is 5.45. The molecule has 15 heavy (non-hydrogen) atoms. The molecule has 0 radical (unpaired) electrons. The Morgan fingerprint density at radius 2 is 2.00 bits per heavy atom. The summed E-state index contributed by atoms with van der Waals surface area (Å²) in [5.74, 6) is 0. The molecule has 0 spiro atoms. The third-order valence-corrected chi connectivity index (χ3v) is 2.15. The summed E-state index contributed by atoms with van der Waals surface area (Å²) in [5.41, 5.74) is 1.00. The summed E-state index contributed by atoms with van der Waals surface area (Å²) in [5, 5.41) is 12.1. The first-order valence-corrected chi connectivity index (χ1v) is 4.75. The summed E-state index contributed by atoms with van der Waals surface area (Å²) in [6.07, 6.45) is 9.47. The number of anilines is 1. The highest BCUT2D eigenvalue weighted by Crippen LogP contribution is 2.12. The lowest BCUT2D eigenvalue weighted by Crippen LogP contribution is -2.33. The van der Waals surface area contributed by atoms with Crippen molar-refractivity contribution in [3.8, 4) is 6.19 Å². The average Bonchev–Trinajstić information content (AvgIpc) is 2.31. The molecule has 1 unspecified atom stereocenters. The van der Waals surface area contributed by atoms with E-state index in [0.29, 0.717) is 0 Å². The van der Waals surface area contributed by atoms with E-state index in [1.807, 2.05) is 48.6 Å². The van der Waals surface area contributed by atoms with Crippen LogP contribution < -0.4 is 5.32 Å². The monoisotopic (exact) mass is 197 g/mol. The summed E-state index contributed by atoms with van der Waals surface area (Å²) in [7, 11) is 0. The molecule has 1 heterocycles. The van der Waals surface area contributed by atoms with Crippen molar-refractivity contribution < 1.29 is 0 Å². The molecule has 0 bridgehead atoms. The smallest absolute Gasteiger partial charge is 0.185 e. The van der Waals surface area contributed by atoms with Crippen molar-refractivity contribution in [3.05, 3.63) is 54.8 Å². The molecular formula is C12H11N3. The number of nitrogens with zero attached hydrogens (tertiary/aromatic N) is 2. The quantitative estimate of drug-likeness (QED) is 0.739. The van der Waals surface area contributed by atoms with Crippen LogP contribution >= 0.6 is 0 Å². The van der Waals surface area contributed by atoms with E-state index in [2.05, 4.69) is 11.5 Å². The maximum atomic E-state index is 8.89. The van der Waals surface area contributed by atoms with Crippen molar-refractivity contribution >= 4 is 5.69 Å². The van der Waals surface area contributed by atoms with Gasteiger partial charge in [0.25, 0.3) is 0 Å². The Labute approximate surface area is 88.9 Å². The van der Waals surface area contributed by atoms with Crippen LogP contribution in [0.1, 0.15) is 0 Å². The van der Waals surface area contributed by atoms with Crippen LogP contribution in [0, 0.1) is 11.5 Å². The molecule has 0 amide bonds. The Hall–Kier alpha value is -2.21. The largest absolute Gasteiger partial charge is 0.361 e. The van der Waals surface area contributed by atoms with Gasteiger partial charge in [0.2, 0.25) is 0 Å². The zero-order chi connectivity index (χ0) is 10.5. The van der Waals surface area contributed by atoms with Crippen molar-refractivity contribution in [2.75, 3.05) is 5.32 Å². The molecule has 3 heteroatoms. The second-order valence-corrected chi connectivity index (χ2v) is 3.19. The van der Waals surface area contributed by atoms with Gasteiger partial charge in [-0.1, -0.05) is 24.3 Å². The Morgan fingerprint density at radius 1 is 1.20 bits per heavy atom. The number of hydrogen-bond donors (Lipinski definition) is 1. The number of hydrogen-bond acceptors (Lipinski definition) is 3. The van der Waals surface area contributed by atoms with Crippen molar-refractivity contribution in [2.24, 2.45) is 0 Å². The highest BCUT2D eigenvalue weighted by atomic mass is 15.2. The van der Waals surface area contributed by atoms with E-state index in [1.54, 1.807) is 11.1 Å². The Balaban J connectivity index is 2.10. The van der Waals surface area contributed by atoms with E-state index in [1.165, 1.54) is 0 Å². The van der Waals surface area contributed by atoms with Gasteiger partial charge in [0.15, 0.2) is 6.19 Å². The van der Waals surface area contributed by atoms with Gasteiger partial charge in [-0.25, -0.2) is 0 Å². The molecule has 0 aromatic heterocycles. The fourth-order valence-electron chi connectivity index (χ4n) is 1.42. The lowest BCUT2D eigenvalue weighted by atomic mass is 10.2. The molecular weight excluding hydrogens is 186 g/mol. The molecule has 1 aliphatic rings. The van der Waals surface area contributed by atoms with Gasteiger partial charge in [-0.3, -0.25) is 4.90 Å². The number of nitriles is 1. The van der Waals surface area contributed by atoms with Crippen molar-refractivity contribution in [1.82, 2.24) is 4.90 Å². The van der Waals surface area contributed by atoms with Gasteiger partial charge in [0, 0.05) is 11.9 Å². The lowest BCUT2D eigenvalue weighted by Gasteiger charge is -2.24. The summed E-state index contributed by atoms with van der Waals surface area (Å²) < 4.78 is 0. The highest BCUT2D eigenvalue weighted by Gasteiger charge is 2.12. The molecule has 2 rings (SSSR count). The third-order valence-electron chi connectivity index (χ3n) is 2.15. The molecule has 0 fully saturated rings. The molecule has 1 N–H and O–H groups in total. The van der Waals surface area contributed by atoms with E-state index in [4.69, 9.17) is 5.26 Å². The maximum Gasteiger partial charge on any atom is 0.185 e.